The number of hydrogen-bond donors (Lipinski definition) is 1. The van der Waals surface area contributed by atoms with Crippen LogP contribution in [0.1, 0.15) is 31.1 Å². The highest BCUT2D eigenvalue weighted by Crippen LogP contribution is 2.21. The predicted octanol–water partition coefficient (Wildman–Crippen LogP) is 3.80. The van der Waals surface area contributed by atoms with Crippen LogP contribution in [-0.2, 0) is 9.53 Å². The van der Waals surface area contributed by atoms with Gasteiger partial charge in [-0.25, -0.2) is 0 Å². The molecule has 0 unspecified atom stereocenters. The van der Waals surface area contributed by atoms with Crippen LogP contribution in [0.25, 0.3) is 0 Å². The third-order valence-corrected chi connectivity index (χ3v) is 3.42. The molecular formula is C20H23NO4. The van der Waals surface area contributed by atoms with Crippen LogP contribution in [0, 0.1) is 5.92 Å². The minimum absolute atomic E-state index is 0.164. The Hall–Kier alpha value is -2.82. The number of hydrogen-bond acceptors (Lipinski definition) is 4. The molecule has 0 aliphatic heterocycles. The highest BCUT2D eigenvalue weighted by molar-refractivity contribution is 5.94. The van der Waals surface area contributed by atoms with Gasteiger partial charge in [-0.3, -0.25) is 9.59 Å². The van der Waals surface area contributed by atoms with E-state index >= 15 is 0 Å². The number of esters is 1. The van der Waals surface area contributed by atoms with E-state index in [4.69, 9.17) is 9.47 Å². The number of ether oxygens (including phenoxy) is 2. The Labute approximate surface area is 148 Å². The number of benzene rings is 2. The monoisotopic (exact) mass is 341 g/mol. The summed E-state index contributed by atoms with van der Waals surface area (Å²) in [6.07, 6.45) is -0.164. The maximum Gasteiger partial charge on any atom is 0.310 e. The fourth-order valence-corrected chi connectivity index (χ4v) is 2.08. The van der Waals surface area contributed by atoms with E-state index in [-0.39, 0.29) is 24.5 Å². The molecule has 2 aromatic rings. The van der Waals surface area contributed by atoms with E-state index in [2.05, 4.69) is 5.32 Å². The zero-order valence-corrected chi connectivity index (χ0v) is 14.7. The molecule has 25 heavy (non-hydrogen) atoms. The first-order chi connectivity index (χ1) is 12.0. The van der Waals surface area contributed by atoms with Gasteiger partial charge in [0.2, 0.25) is 0 Å². The molecule has 1 atom stereocenters. The topological polar surface area (TPSA) is 64.6 Å². The Kier molecular flexibility index (Phi) is 6.57. The summed E-state index contributed by atoms with van der Waals surface area (Å²) in [6, 6.07) is 16.3. The smallest absolute Gasteiger partial charge is 0.310 e. The quantitative estimate of drug-likeness (QED) is 0.778. The predicted molar refractivity (Wildman–Crippen MR) is 95.7 cm³/mol. The van der Waals surface area contributed by atoms with Crippen molar-refractivity contribution in [3.05, 3.63) is 60.2 Å². The van der Waals surface area contributed by atoms with E-state index in [1.54, 1.807) is 45.0 Å². The van der Waals surface area contributed by atoms with E-state index in [1.165, 1.54) is 0 Å². The van der Waals surface area contributed by atoms with E-state index in [1.807, 2.05) is 30.3 Å². The molecule has 0 fully saturated rings. The maximum atomic E-state index is 12.2. The van der Waals surface area contributed by atoms with Crippen LogP contribution < -0.4 is 10.1 Å². The molecule has 5 heteroatoms. The van der Waals surface area contributed by atoms with Crippen molar-refractivity contribution in [3.8, 4) is 11.5 Å². The van der Waals surface area contributed by atoms with Crippen LogP contribution in [0.4, 0.5) is 0 Å². The molecule has 132 valence electrons. The van der Waals surface area contributed by atoms with Crippen molar-refractivity contribution < 1.29 is 19.1 Å². The van der Waals surface area contributed by atoms with E-state index in [0.717, 1.165) is 5.75 Å². The summed E-state index contributed by atoms with van der Waals surface area (Å²) in [5.74, 6) is 0.429. The first-order valence-corrected chi connectivity index (χ1v) is 8.27. The molecule has 2 aromatic carbocycles. The van der Waals surface area contributed by atoms with Crippen molar-refractivity contribution in [2.24, 2.45) is 5.92 Å². The number of para-hydroxylation sites is 1. The second kappa shape index (κ2) is 8.87. The van der Waals surface area contributed by atoms with E-state index < -0.39 is 5.92 Å². The molecule has 0 aromatic heterocycles. The number of carbonyl (C=O) groups excluding carboxylic acids is 2. The van der Waals surface area contributed by atoms with Crippen LogP contribution in [0.3, 0.4) is 0 Å². The van der Waals surface area contributed by atoms with Gasteiger partial charge in [0.15, 0.2) is 0 Å². The molecule has 0 saturated carbocycles. The summed E-state index contributed by atoms with van der Waals surface area (Å²) in [5, 5.41) is 2.74. The summed E-state index contributed by atoms with van der Waals surface area (Å²) < 4.78 is 10.8. The number of amides is 1. The maximum absolute atomic E-state index is 12.2. The van der Waals surface area contributed by atoms with Crippen LogP contribution in [0.5, 0.6) is 11.5 Å². The molecule has 0 saturated heterocycles. The Balaban J connectivity index is 1.87. The normalized spacial score (nSPS) is 11.7. The van der Waals surface area contributed by atoms with Gasteiger partial charge < -0.3 is 14.8 Å². The van der Waals surface area contributed by atoms with Gasteiger partial charge in [-0.1, -0.05) is 25.1 Å². The first-order valence-electron chi connectivity index (χ1n) is 8.27. The number of nitrogens with one attached hydrogen (secondary N) is 1. The van der Waals surface area contributed by atoms with Crippen LogP contribution in [0.15, 0.2) is 54.6 Å². The van der Waals surface area contributed by atoms with Gasteiger partial charge in [-0.05, 0) is 50.2 Å². The lowest BCUT2D eigenvalue weighted by molar-refractivity contribution is -0.151. The molecule has 1 amide bonds. The summed E-state index contributed by atoms with van der Waals surface area (Å²) in [7, 11) is 0. The molecular weight excluding hydrogens is 318 g/mol. The van der Waals surface area contributed by atoms with Gasteiger partial charge in [0.25, 0.3) is 5.91 Å². The second-order valence-electron chi connectivity index (χ2n) is 6.04. The van der Waals surface area contributed by atoms with Crippen molar-refractivity contribution in [1.82, 2.24) is 5.32 Å². The summed E-state index contributed by atoms with van der Waals surface area (Å²) >= 11 is 0. The average molecular weight is 341 g/mol. The molecule has 2 rings (SSSR count). The minimum Gasteiger partial charge on any atom is -0.463 e. The lowest BCUT2D eigenvalue weighted by Gasteiger charge is -2.14. The van der Waals surface area contributed by atoms with Crippen molar-refractivity contribution >= 4 is 11.9 Å². The highest BCUT2D eigenvalue weighted by Gasteiger charge is 2.17. The standard InChI is InChI=1S/C20H23NO4/c1-14(2)24-20(23)15(3)13-21-19(22)16-9-11-18(12-10-16)25-17-7-5-4-6-8-17/h4-12,14-15H,13H2,1-3H3,(H,21,22)/t15-/m0/s1. The van der Waals surface area contributed by atoms with Crippen molar-refractivity contribution in [3.63, 3.8) is 0 Å². The fourth-order valence-electron chi connectivity index (χ4n) is 2.08. The van der Waals surface area contributed by atoms with Gasteiger partial charge in [0.05, 0.1) is 12.0 Å². The van der Waals surface area contributed by atoms with Gasteiger partial charge in [0, 0.05) is 12.1 Å². The molecule has 0 spiro atoms. The number of carbonyl (C=O) groups is 2. The van der Waals surface area contributed by atoms with E-state index in [0.29, 0.717) is 11.3 Å². The zero-order valence-electron chi connectivity index (χ0n) is 14.7. The zero-order chi connectivity index (χ0) is 18.2. The summed E-state index contributed by atoms with van der Waals surface area (Å²) in [6.45, 7) is 5.54. The second-order valence-corrected chi connectivity index (χ2v) is 6.04. The molecule has 5 nitrogen and oxygen atoms in total. The molecule has 1 N–H and O–H groups in total. The average Bonchev–Trinajstić information content (AvgIpc) is 2.60. The van der Waals surface area contributed by atoms with Crippen molar-refractivity contribution in [2.45, 2.75) is 26.9 Å². The largest absolute Gasteiger partial charge is 0.463 e. The Morgan fingerprint density at radius 3 is 2.12 bits per heavy atom. The summed E-state index contributed by atoms with van der Waals surface area (Å²) in [4.78, 5) is 23.9. The van der Waals surface area contributed by atoms with Gasteiger partial charge in [-0.15, -0.1) is 0 Å². The molecule has 0 aliphatic rings. The Morgan fingerprint density at radius 1 is 0.920 bits per heavy atom. The Morgan fingerprint density at radius 2 is 1.52 bits per heavy atom. The molecule has 0 aliphatic carbocycles. The summed E-state index contributed by atoms with van der Waals surface area (Å²) in [5.41, 5.74) is 0.504. The highest BCUT2D eigenvalue weighted by atomic mass is 16.5. The molecule has 0 heterocycles. The van der Waals surface area contributed by atoms with Gasteiger partial charge in [-0.2, -0.15) is 0 Å². The number of rotatable bonds is 7. The fraction of sp³-hybridized carbons (Fsp3) is 0.300. The Bertz CT molecular complexity index is 695. The van der Waals surface area contributed by atoms with Crippen molar-refractivity contribution in [1.29, 1.82) is 0 Å². The van der Waals surface area contributed by atoms with Crippen LogP contribution in [-0.4, -0.2) is 24.5 Å². The van der Waals surface area contributed by atoms with Gasteiger partial charge in [0.1, 0.15) is 11.5 Å². The SMILES string of the molecule is CC(C)OC(=O)[C@@H](C)CNC(=O)c1ccc(Oc2ccccc2)cc1. The molecule has 0 radical (unpaired) electrons. The molecule has 0 bridgehead atoms. The third kappa shape index (κ3) is 5.95. The lowest BCUT2D eigenvalue weighted by atomic mass is 10.1. The van der Waals surface area contributed by atoms with Crippen molar-refractivity contribution in [2.75, 3.05) is 6.54 Å². The van der Waals surface area contributed by atoms with Gasteiger partial charge >= 0.3 is 5.97 Å². The third-order valence-electron chi connectivity index (χ3n) is 3.42. The van der Waals surface area contributed by atoms with Crippen LogP contribution >= 0.6 is 0 Å². The first kappa shape index (κ1) is 18.5. The lowest BCUT2D eigenvalue weighted by Crippen LogP contribution is -2.33. The minimum atomic E-state index is -0.396. The van der Waals surface area contributed by atoms with Crippen LogP contribution in [0.2, 0.25) is 0 Å². The van der Waals surface area contributed by atoms with E-state index in [9.17, 15) is 9.59 Å².